The highest BCUT2D eigenvalue weighted by Crippen LogP contribution is 2.42. The van der Waals surface area contributed by atoms with Gasteiger partial charge in [0.25, 0.3) is 0 Å². The van der Waals surface area contributed by atoms with E-state index in [1.165, 1.54) is 18.2 Å². The number of esters is 1. The van der Waals surface area contributed by atoms with Gasteiger partial charge in [-0.3, -0.25) is 4.90 Å². The van der Waals surface area contributed by atoms with Gasteiger partial charge >= 0.3 is 12.0 Å². The Labute approximate surface area is 353 Å². The van der Waals surface area contributed by atoms with E-state index in [9.17, 15) is 14.7 Å². The van der Waals surface area contributed by atoms with Gasteiger partial charge in [0.15, 0.2) is 6.29 Å². The summed E-state index contributed by atoms with van der Waals surface area (Å²) < 4.78 is 18.7. The Morgan fingerprint density at radius 2 is 1.25 bits per heavy atom. The number of nitrogens with one attached hydrogen (secondary N) is 2. The highest BCUT2D eigenvalue weighted by Gasteiger charge is 2.39. The number of rotatable bonds is 16. The van der Waals surface area contributed by atoms with Gasteiger partial charge < -0.3 is 30.0 Å². The maximum atomic E-state index is 13.1. The van der Waals surface area contributed by atoms with E-state index in [1.807, 2.05) is 103 Å². The molecule has 3 N–H and O–H groups in total. The van der Waals surface area contributed by atoms with E-state index < -0.39 is 24.3 Å². The number of carbonyl (C=O) groups excluding carboxylic acids is 2. The molecule has 7 rings (SSSR count). The van der Waals surface area contributed by atoms with Crippen molar-refractivity contribution >= 4 is 12.0 Å². The Kier molecular flexibility index (Phi) is 14.5. The molecule has 1 saturated heterocycles. The van der Waals surface area contributed by atoms with Gasteiger partial charge in [-0.1, -0.05) is 171 Å². The summed E-state index contributed by atoms with van der Waals surface area (Å²) >= 11 is 0. The van der Waals surface area contributed by atoms with Gasteiger partial charge in [0.2, 0.25) is 0 Å². The van der Waals surface area contributed by atoms with Crippen LogP contribution < -0.4 is 10.6 Å². The number of amides is 2. The maximum absolute atomic E-state index is 13.1. The Morgan fingerprint density at radius 1 is 0.683 bits per heavy atom. The van der Waals surface area contributed by atoms with Crippen LogP contribution in [0.4, 0.5) is 4.79 Å². The predicted octanol–water partition coefficient (Wildman–Crippen LogP) is 8.92. The lowest BCUT2D eigenvalue weighted by molar-refractivity contribution is -0.276. The van der Waals surface area contributed by atoms with E-state index in [2.05, 4.69) is 83.1 Å². The van der Waals surface area contributed by atoms with E-state index in [4.69, 9.17) is 14.2 Å². The van der Waals surface area contributed by atoms with Crippen LogP contribution in [0.3, 0.4) is 0 Å². The number of hydrogen-bond donors (Lipinski definition) is 3. The van der Waals surface area contributed by atoms with Gasteiger partial charge in [-0.05, 0) is 44.5 Å². The van der Waals surface area contributed by atoms with E-state index in [0.29, 0.717) is 13.0 Å². The summed E-state index contributed by atoms with van der Waals surface area (Å²) in [4.78, 5) is 28.1. The molecule has 0 bridgehead atoms. The van der Waals surface area contributed by atoms with Crippen LogP contribution in [0.15, 0.2) is 164 Å². The van der Waals surface area contributed by atoms with Crippen LogP contribution in [-0.2, 0) is 51.7 Å². The molecule has 60 heavy (non-hydrogen) atoms. The largest absolute Gasteiger partial charge is 0.467 e. The zero-order valence-corrected chi connectivity index (χ0v) is 34.2. The first-order chi connectivity index (χ1) is 29.4. The van der Waals surface area contributed by atoms with Crippen LogP contribution in [0, 0.1) is 5.92 Å². The predicted molar refractivity (Wildman–Crippen MR) is 233 cm³/mol. The second kappa shape index (κ2) is 20.7. The second-order valence-corrected chi connectivity index (χ2v) is 15.3. The zero-order chi connectivity index (χ0) is 41.7. The summed E-state index contributed by atoms with van der Waals surface area (Å²) in [6.07, 6.45) is -0.727. The fraction of sp³-hybridized carbons (Fsp3) is 0.255. The van der Waals surface area contributed by atoms with Crippen LogP contribution in [-0.4, -0.2) is 47.8 Å². The average molecular weight is 804 g/mol. The summed E-state index contributed by atoms with van der Waals surface area (Å²) in [6, 6.07) is 53.4. The first-order valence-electron chi connectivity index (χ1n) is 20.5. The van der Waals surface area contributed by atoms with Gasteiger partial charge in [-0.15, -0.1) is 0 Å². The number of hydrogen-bond acceptors (Lipinski definition) is 7. The first-order valence-corrected chi connectivity index (χ1v) is 20.5. The van der Waals surface area contributed by atoms with Crippen LogP contribution >= 0.6 is 0 Å². The van der Waals surface area contributed by atoms with E-state index in [0.717, 1.165) is 52.0 Å². The molecule has 6 aromatic rings. The van der Waals surface area contributed by atoms with Gasteiger partial charge in [0.1, 0.15) is 6.04 Å². The third kappa shape index (κ3) is 11.1. The molecule has 1 heterocycles. The van der Waals surface area contributed by atoms with E-state index >= 15 is 0 Å². The minimum Gasteiger partial charge on any atom is -0.467 e. The van der Waals surface area contributed by atoms with Crippen molar-refractivity contribution < 1.29 is 28.9 Å². The van der Waals surface area contributed by atoms with Crippen molar-refractivity contribution in [1.82, 2.24) is 15.5 Å². The smallest absolute Gasteiger partial charge is 0.328 e. The number of methoxy groups -OCH3 is 1. The van der Waals surface area contributed by atoms with Crippen molar-refractivity contribution in [2.45, 2.75) is 64.1 Å². The molecule has 0 saturated carbocycles. The quantitative estimate of drug-likeness (QED) is 0.0839. The number of aliphatic hydroxyl groups is 1. The molecule has 1 aliphatic rings. The third-order valence-electron chi connectivity index (χ3n) is 11.1. The lowest BCUT2D eigenvalue weighted by Crippen LogP contribution is -2.47. The van der Waals surface area contributed by atoms with Crippen molar-refractivity contribution in [2.24, 2.45) is 5.92 Å². The van der Waals surface area contributed by atoms with E-state index in [1.54, 1.807) is 0 Å². The van der Waals surface area contributed by atoms with Crippen LogP contribution in [0.1, 0.15) is 58.3 Å². The molecule has 0 aliphatic carbocycles. The number of benzene rings is 6. The lowest BCUT2D eigenvalue weighted by atomic mass is 9.89. The Hall–Kier alpha value is -6.10. The van der Waals surface area contributed by atoms with Gasteiger partial charge in [0, 0.05) is 44.1 Å². The molecule has 6 aromatic carbocycles. The van der Waals surface area contributed by atoms with E-state index in [-0.39, 0.29) is 31.3 Å². The molecule has 0 aromatic heterocycles. The number of carbonyl (C=O) groups is 2. The molecule has 1 aliphatic heterocycles. The third-order valence-corrected chi connectivity index (χ3v) is 11.1. The Morgan fingerprint density at radius 3 is 1.85 bits per heavy atom. The monoisotopic (exact) mass is 803 g/mol. The topological polar surface area (TPSA) is 109 Å². The van der Waals surface area contributed by atoms with Crippen molar-refractivity contribution in [1.29, 1.82) is 0 Å². The SMILES string of the molecule is COC(=O)[C@H](Cc1ccccc1)NC(=O)NCc1ccccc1-c1ccc([C@@H]2O[C@H](CN(Cc3ccccc3)Cc3ccccc3)[C@H](C)[C@H](c3ccc(CO)cc3)O2)cc1. The van der Waals surface area contributed by atoms with Crippen molar-refractivity contribution in [3.05, 3.63) is 203 Å². The van der Waals surface area contributed by atoms with Crippen LogP contribution in [0.2, 0.25) is 0 Å². The van der Waals surface area contributed by atoms with Crippen LogP contribution in [0.5, 0.6) is 0 Å². The number of urea groups is 1. The molecular formula is C51H53N3O6. The molecule has 9 nitrogen and oxygen atoms in total. The first kappa shape index (κ1) is 42.0. The fourth-order valence-corrected chi connectivity index (χ4v) is 7.80. The van der Waals surface area contributed by atoms with Crippen molar-refractivity contribution in [2.75, 3.05) is 13.7 Å². The number of nitrogens with zero attached hydrogens (tertiary/aromatic N) is 1. The van der Waals surface area contributed by atoms with Gasteiger partial charge in [-0.25, -0.2) is 9.59 Å². The number of ether oxygens (including phenoxy) is 3. The molecule has 2 amide bonds. The lowest BCUT2D eigenvalue weighted by Gasteiger charge is -2.43. The Bertz CT molecular complexity index is 2210. The number of aliphatic hydroxyl groups excluding tert-OH is 1. The summed E-state index contributed by atoms with van der Waals surface area (Å²) in [6.45, 7) is 4.65. The molecule has 0 unspecified atom stereocenters. The molecule has 9 heteroatoms. The standard InChI is InChI=1S/C51H53N3O6/c1-36-47(34-54(32-38-16-8-4-9-17-38)33-39-18-10-5-11-19-39)59-50(60-48(36)42-24-22-40(35-55)23-25-42)43-28-26-41(27-29-43)45-21-13-12-20-44(45)31-52-51(57)53-46(49(56)58-2)30-37-14-6-3-7-15-37/h3-29,36,46-48,50,55H,30-35H2,1-2H3,(H2,52,53,57)/t36-,46-,47+,48+,50+/m0/s1. The Balaban J connectivity index is 1.09. The second-order valence-electron chi connectivity index (χ2n) is 15.3. The van der Waals surface area contributed by atoms with Crippen molar-refractivity contribution in [3.63, 3.8) is 0 Å². The highest BCUT2D eigenvalue weighted by molar-refractivity contribution is 5.84. The minimum atomic E-state index is -0.831. The summed E-state index contributed by atoms with van der Waals surface area (Å²) in [7, 11) is 1.32. The zero-order valence-electron chi connectivity index (χ0n) is 34.2. The minimum absolute atomic E-state index is 0.0207. The van der Waals surface area contributed by atoms with Crippen molar-refractivity contribution in [3.8, 4) is 11.1 Å². The molecule has 0 radical (unpaired) electrons. The van der Waals surface area contributed by atoms with Gasteiger partial charge in [0.05, 0.1) is 25.9 Å². The molecule has 5 atom stereocenters. The maximum Gasteiger partial charge on any atom is 0.328 e. The average Bonchev–Trinajstić information content (AvgIpc) is 3.29. The van der Waals surface area contributed by atoms with Crippen LogP contribution in [0.25, 0.3) is 11.1 Å². The van der Waals surface area contributed by atoms with Gasteiger partial charge in [-0.2, -0.15) is 0 Å². The fourth-order valence-electron chi connectivity index (χ4n) is 7.80. The summed E-state index contributed by atoms with van der Waals surface area (Å²) in [5.74, 6) is -0.490. The highest BCUT2D eigenvalue weighted by atomic mass is 16.7. The molecule has 1 fully saturated rings. The molecule has 0 spiro atoms. The normalized spacial score (nSPS) is 18.1. The molecule has 308 valence electrons. The summed E-state index contributed by atoms with van der Waals surface area (Å²) in [5, 5.41) is 15.5. The summed E-state index contributed by atoms with van der Waals surface area (Å²) in [5.41, 5.74) is 9.03. The molecular weight excluding hydrogens is 751 g/mol.